The monoisotopic (exact) mass is 308 g/mol. The van der Waals surface area contributed by atoms with E-state index in [4.69, 9.17) is 5.73 Å². The molecule has 0 aliphatic heterocycles. The first kappa shape index (κ1) is 14.7. The maximum absolute atomic E-state index is 10.5. The van der Waals surface area contributed by atoms with Gasteiger partial charge >= 0.3 is 0 Å². The van der Waals surface area contributed by atoms with Gasteiger partial charge in [-0.25, -0.2) is 0 Å². The number of hydrogen-bond acceptors (Lipinski definition) is 2. The molecule has 1 saturated carbocycles. The highest BCUT2D eigenvalue weighted by atomic mass is 16.3. The number of rotatable bonds is 4. The summed E-state index contributed by atoms with van der Waals surface area (Å²) in [5, 5.41) is 13.0. The second-order valence-corrected chi connectivity index (χ2v) is 6.75. The van der Waals surface area contributed by atoms with Crippen molar-refractivity contribution in [1.82, 2.24) is 4.57 Å². The number of aryl methyl sites for hydroxylation is 1. The number of nitrogens with two attached hydrogens (primary N) is 1. The number of nitrogens with zero attached hydrogens (tertiary/aromatic N) is 1. The molecule has 3 aromatic rings. The molecule has 23 heavy (non-hydrogen) atoms. The van der Waals surface area contributed by atoms with Crippen molar-refractivity contribution in [2.45, 2.75) is 44.9 Å². The number of hydrogen-bond donors (Lipinski definition) is 2. The summed E-state index contributed by atoms with van der Waals surface area (Å²) in [5.74, 6) is 0.373. The van der Waals surface area contributed by atoms with Crippen LogP contribution in [-0.4, -0.2) is 15.8 Å². The van der Waals surface area contributed by atoms with Crippen LogP contribution in [0.3, 0.4) is 0 Å². The van der Waals surface area contributed by atoms with E-state index in [0.29, 0.717) is 5.92 Å². The number of fused-ring (bicyclic) bond motifs is 3. The van der Waals surface area contributed by atoms with Crippen molar-refractivity contribution in [1.29, 1.82) is 0 Å². The van der Waals surface area contributed by atoms with Gasteiger partial charge in [0.25, 0.3) is 0 Å². The largest absolute Gasteiger partial charge is 0.391 e. The summed E-state index contributed by atoms with van der Waals surface area (Å²) in [4.78, 5) is 0. The van der Waals surface area contributed by atoms with Gasteiger partial charge in [0, 0.05) is 28.4 Å². The van der Waals surface area contributed by atoms with Gasteiger partial charge in [0.1, 0.15) is 0 Å². The van der Waals surface area contributed by atoms with E-state index in [9.17, 15) is 5.11 Å². The molecule has 1 aromatic heterocycles. The number of benzene rings is 2. The van der Waals surface area contributed by atoms with Crippen LogP contribution in [0.15, 0.2) is 42.5 Å². The van der Waals surface area contributed by atoms with Gasteiger partial charge in [0.15, 0.2) is 0 Å². The molecule has 0 saturated heterocycles. The molecule has 2 aromatic carbocycles. The molecule has 0 spiro atoms. The van der Waals surface area contributed by atoms with Gasteiger partial charge in [0.2, 0.25) is 0 Å². The summed E-state index contributed by atoms with van der Waals surface area (Å²) in [6.07, 6.45) is 3.00. The fourth-order valence-electron chi connectivity index (χ4n) is 3.89. The molecule has 3 N–H and O–H groups in total. The zero-order valence-electron chi connectivity index (χ0n) is 13.6. The van der Waals surface area contributed by atoms with Crippen molar-refractivity contribution in [3.8, 4) is 0 Å². The first-order chi connectivity index (χ1) is 11.2. The lowest BCUT2D eigenvalue weighted by molar-refractivity contribution is 0.0414. The molecule has 1 aliphatic carbocycles. The molecule has 3 nitrogen and oxygen atoms in total. The standard InChI is InChI=1S/C20H24N2O/c1-2-22-17-9-4-3-8-15(17)16-12-14(10-11-18(16)22)19(21)20(23)13-6-5-7-13/h3-4,8-13,19-20,23H,2,5-7,21H2,1H3/t19-,20+/m1/s1. The van der Waals surface area contributed by atoms with Crippen LogP contribution in [0.1, 0.15) is 37.8 Å². The predicted octanol–water partition coefficient (Wildman–Crippen LogP) is 3.98. The first-order valence-corrected chi connectivity index (χ1v) is 8.65. The lowest BCUT2D eigenvalue weighted by Crippen LogP contribution is -2.36. The minimum atomic E-state index is -0.430. The Morgan fingerprint density at radius 2 is 1.87 bits per heavy atom. The summed E-state index contributed by atoms with van der Waals surface area (Å²) in [6, 6.07) is 14.6. The van der Waals surface area contributed by atoms with Crippen molar-refractivity contribution < 1.29 is 5.11 Å². The average Bonchev–Trinajstić information content (AvgIpc) is 2.85. The smallest absolute Gasteiger partial charge is 0.0760 e. The maximum Gasteiger partial charge on any atom is 0.0760 e. The van der Waals surface area contributed by atoms with E-state index < -0.39 is 6.10 Å². The Balaban J connectivity index is 1.82. The number of aromatic nitrogens is 1. The second kappa shape index (κ2) is 5.66. The van der Waals surface area contributed by atoms with Crippen LogP contribution in [0.5, 0.6) is 0 Å². The predicted molar refractivity (Wildman–Crippen MR) is 95.4 cm³/mol. The average molecular weight is 308 g/mol. The van der Waals surface area contributed by atoms with Crippen LogP contribution in [0.25, 0.3) is 21.8 Å². The number of para-hydroxylation sites is 1. The first-order valence-electron chi connectivity index (χ1n) is 8.65. The van der Waals surface area contributed by atoms with Gasteiger partial charge < -0.3 is 15.4 Å². The van der Waals surface area contributed by atoms with Crippen molar-refractivity contribution >= 4 is 21.8 Å². The third-order valence-electron chi connectivity index (χ3n) is 5.50. The Bertz CT molecular complexity index is 847. The molecular formula is C20H24N2O. The zero-order valence-corrected chi connectivity index (χ0v) is 13.6. The van der Waals surface area contributed by atoms with Crippen LogP contribution in [0.4, 0.5) is 0 Å². The number of aliphatic hydroxyl groups is 1. The summed E-state index contributed by atoms with van der Waals surface area (Å²) >= 11 is 0. The fourth-order valence-corrected chi connectivity index (χ4v) is 3.89. The molecule has 120 valence electrons. The summed E-state index contributed by atoms with van der Waals surface area (Å²) in [6.45, 7) is 3.12. The van der Waals surface area contributed by atoms with E-state index >= 15 is 0 Å². The molecule has 0 bridgehead atoms. The molecule has 0 amide bonds. The minimum Gasteiger partial charge on any atom is -0.391 e. The highest BCUT2D eigenvalue weighted by Gasteiger charge is 2.30. The van der Waals surface area contributed by atoms with Crippen LogP contribution in [0.2, 0.25) is 0 Å². The van der Waals surface area contributed by atoms with Crippen LogP contribution >= 0.6 is 0 Å². The highest BCUT2D eigenvalue weighted by molar-refractivity contribution is 6.08. The summed E-state index contributed by atoms with van der Waals surface area (Å²) in [5.41, 5.74) is 9.90. The van der Waals surface area contributed by atoms with E-state index in [2.05, 4.69) is 54.0 Å². The van der Waals surface area contributed by atoms with Crippen molar-refractivity contribution in [3.63, 3.8) is 0 Å². The Labute approximate surface area is 136 Å². The summed E-state index contributed by atoms with van der Waals surface area (Å²) in [7, 11) is 0. The van der Waals surface area contributed by atoms with E-state index in [1.807, 2.05) is 0 Å². The van der Waals surface area contributed by atoms with Crippen molar-refractivity contribution in [3.05, 3.63) is 48.0 Å². The van der Waals surface area contributed by atoms with Gasteiger partial charge in [-0.1, -0.05) is 30.7 Å². The molecule has 2 atom stereocenters. The highest BCUT2D eigenvalue weighted by Crippen LogP contribution is 2.36. The van der Waals surface area contributed by atoms with Crippen molar-refractivity contribution in [2.75, 3.05) is 0 Å². The fraction of sp³-hybridized carbons (Fsp3) is 0.400. The van der Waals surface area contributed by atoms with Crippen LogP contribution < -0.4 is 5.73 Å². The molecule has 4 rings (SSSR count). The Hall–Kier alpha value is -1.84. The molecule has 0 unspecified atom stereocenters. The van der Waals surface area contributed by atoms with Crippen LogP contribution in [0, 0.1) is 5.92 Å². The molecule has 1 heterocycles. The molecule has 3 heteroatoms. The topological polar surface area (TPSA) is 51.2 Å². The van der Waals surface area contributed by atoms with E-state index in [-0.39, 0.29) is 6.04 Å². The van der Waals surface area contributed by atoms with Gasteiger partial charge in [0.05, 0.1) is 12.1 Å². The third kappa shape index (κ3) is 2.27. The molecule has 0 radical (unpaired) electrons. The Kier molecular flexibility index (Phi) is 3.63. The van der Waals surface area contributed by atoms with E-state index in [1.54, 1.807) is 0 Å². The lowest BCUT2D eigenvalue weighted by atomic mass is 9.77. The van der Waals surface area contributed by atoms with Gasteiger partial charge in [-0.05, 0) is 49.4 Å². The minimum absolute atomic E-state index is 0.298. The normalized spacial score (nSPS) is 18.2. The molecule has 1 aliphatic rings. The van der Waals surface area contributed by atoms with Crippen LogP contribution in [-0.2, 0) is 6.54 Å². The maximum atomic E-state index is 10.5. The Morgan fingerprint density at radius 1 is 1.13 bits per heavy atom. The lowest BCUT2D eigenvalue weighted by Gasteiger charge is -2.33. The van der Waals surface area contributed by atoms with Gasteiger partial charge in [-0.15, -0.1) is 0 Å². The van der Waals surface area contributed by atoms with Gasteiger partial charge in [-0.3, -0.25) is 0 Å². The summed E-state index contributed by atoms with van der Waals surface area (Å²) < 4.78 is 2.34. The zero-order chi connectivity index (χ0) is 16.0. The quantitative estimate of drug-likeness (QED) is 0.766. The Morgan fingerprint density at radius 3 is 2.57 bits per heavy atom. The second-order valence-electron chi connectivity index (χ2n) is 6.75. The molecule has 1 fully saturated rings. The third-order valence-corrected chi connectivity index (χ3v) is 5.50. The van der Waals surface area contributed by atoms with Gasteiger partial charge in [-0.2, -0.15) is 0 Å². The van der Waals surface area contributed by atoms with E-state index in [1.165, 1.54) is 28.2 Å². The number of aliphatic hydroxyl groups excluding tert-OH is 1. The SMILES string of the molecule is CCn1c2ccccc2c2cc([C@@H](N)[C@@H](O)C3CCC3)ccc21. The van der Waals surface area contributed by atoms with E-state index in [0.717, 1.165) is 24.9 Å². The van der Waals surface area contributed by atoms with Crippen molar-refractivity contribution in [2.24, 2.45) is 11.7 Å². The molecular weight excluding hydrogens is 284 g/mol.